The molecule has 0 spiro atoms. The second kappa shape index (κ2) is 11.4. The summed E-state index contributed by atoms with van der Waals surface area (Å²) in [5, 5.41) is 2.95. The van der Waals surface area contributed by atoms with Crippen LogP contribution in [0.15, 0.2) is 53.7 Å². The number of ether oxygens (including phenoxy) is 2. The maximum absolute atomic E-state index is 13.7. The van der Waals surface area contributed by atoms with Crippen LogP contribution in [0.3, 0.4) is 0 Å². The molecule has 1 N–H and O–H groups in total. The third-order valence-electron chi connectivity index (χ3n) is 6.55. The maximum atomic E-state index is 13.7. The van der Waals surface area contributed by atoms with Crippen molar-refractivity contribution in [3.05, 3.63) is 65.6 Å². The number of fused-ring (bicyclic) bond motifs is 1. The molecule has 5 rings (SSSR count). The van der Waals surface area contributed by atoms with Crippen molar-refractivity contribution < 1.29 is 44.2 Å². The SMILES string of the molecule is O=S(=O)(c1ccc(Nc2nc(OC3CCOCC3)nc3c2C=CN(c2ncccc2C(F)(F)F)CC3)cc1)C(F)(F)F. The Bertz CT molecular complexity index is 1570. The van der Waals surface area contributed by atoms with Gasteiger partial charge in [-0.25, -0.2) is 13.4 Å². The molecule has 0 aliphatic carbocycles. The van der Waals surface area contributed by atoms with Gasteiger partial charge in [-0.2, -0.15) is 36.3 Å². The first-order chi connectivity index (χ1) is 19.8. The van der Waals surface area contributed by atoms with Gasteiger partial charge in [0, 0.05) is 49.5 Å². The fourth-order valence-corrected chi connectivity index (χ4v) is 5.19. The van der Waals surface area contributed by atoms with Crippen LogP contribution < -0.4 is 15.0 Å². The van der Waals surface area contributed by atoms with Crippen molar-refractivity contribution in [1.29, 1.82) is 0 Å². The van der Waals surface area contributed by atoms with Crippen molar-refractivity contribution in [3.8, 4) is 6.01 Å². The number of sulfone groups is 1. The number of halogens is 6. The molecule has 16 heteroatoms. The summed E-state index contributed by atoms with van der Waals surface area (Å²) in [5.74, 6) is -0.139. The highest BCUT2D eigenvalue weighted by molar-refractivity contribution is 7.92. The summed E-state index contributed by atoms with van der Waals surface area (Å²) in [4.78, 5) is 13.3. The molecular weight excluding hydrogens is 592 g/mol. The van der Waals surface area contributed by atoms with Crippen LogP contribution in [0.4, 0.5) is 43.7 Å². The third-order valence-corrected chi connectivity index (χ3v) is 8.05. The van der Waals surface area contributed by atoms with Crippen LogP contribution in [0.25, 0.3) is 6.08 Å². The first kappa shape index (κ1) is 29.6. The lowest BCUT2D eigenvalue weighted by atomic mass is 10.1. The largest absolute Gasteiger partial charge is 0.501 e. The molecule has 0 amide bonds. The third kappa shape index (κ3) is 6.28. The van der Waals surface area contributed by atoms with Gasteiger partial charge in [-0.05, 0) is 42.5 Å². The lowest BCUT2D eigenvalue weighted by Gasteiger charge is -2.23. The minimum absolute atomic E-state index is 0.00455. The highest BCUT2D eigenvalue weighted by Gasteiger charge is 2.46. The number of hydrogen-bond acceptors (Lipinski definition) is 9. The van der Waals surface area contributed by atoms with Crippen LogP contribution in [0, 0.1) is 0 Å². The highest BCUT2D eigenvalue weighted by Crippen LogP contribution is 2.37. The Morgan fingerprint density at radius 2 is 1.71 bits per heavy atom. The van der Waals surface area contributed by atoms with Gasteiger partial charge in [0.25, 0.3) is 9.84 Å². The Morgan fingerprint density at radius 1 is 1.00 bits per heavy atom. The van der Waals surface area contributed by atoms with Gasteiger partial charge < -0.3 is 19.7 Å². The van der Waals surface area contributed by atoms with Crippen molar-refractivity contribution in [2.45, 2.75) is 41.9 Å². The number of pyridine rings is 1. The Labute approximate surface area is 236 Å². The fraction of sp³-hybridized carbons (Fsp3) is 0.346. The minimum atomic E-state index is -5.54. The van der Waals surface area contributed by atoms with Gasteiger partial charge in [0.05, 0.1) is 29.4 Å². The molecule has 4 heterocycles. The first-order valence-corrected chi connectivity index (χ1v) is 14.1. The molecule has 2 aliphatic rings. The predicted molar refractivity (Wildman–Crippen MR) is 139 cm³/mol. The van der Waals surface area contributed by atoms with Gasteiger partial charge in [-0.15, -0.1) is 0 Å². The molecule has 1 saturated heterocycles. The maximum Gasteiger partial charge on any atom is 0.501 e. The van der Waals surface area contributed by atoms with Crippen LogP contribution in [0.5, 0.6) is 6.01 Å². The smallest absolute Gasteiger partial charge is 0.460 e. The molecule has 1 aromatic carbocycles. The van der Waals surface area contributed by atoms with Crippen molar-refractivity contribution >= 4 is 33.2 Å². The summed E-state index contributed by atoms with van der Waals surface area (Å²) in [7, 11) is -5.54. The van der Waals surface area contributed by atoms with Crippen molar-refractivity contribution in [2.24, 2.45) is 0 Å². The van der Waals surface area contributed by atoms with Gasteiger partial charge >= 0.3 is 17.7 Å². The van der Waals surface area contributed by atoms with Gasteiger partial charge in [0.1, 0.15) is 17.7 Å². The van der Waals surface area contributed by atoms with Crippen LogP contribution in [-0.4, -0.2) is 54.7 Å². The quantitative estimate of drug-likeness (QED) is 0.359. The van der Waals surface area contributed by atoms with E-state index in [4.69, 9.17) is 9.47 Å². The molecule has 224 valence electrons. The van der Waals surface area contributed by atoms with Crippen molar-refractivity contribution in [2.75, 3.05) is 30.0 Å². The van der Waals surface area contributed by atoms with E-state index < -0.39 is 32.0 Å². The Balaban J connectivity index is 1.49. The normalized spacial score (nSPS) is 16.6. The number of anilines is 3. The Kier molecular flexibility index (Phi) is 8.02. The molecule has 0 unspecified atom stereocenters. The molecule has 0 bridgehead atoms. The Morgan fingerprint density at radius 3 is 2.38 bits per heavy atom. The fourth-order valence-electron chi connectivity index (χ4n) is 4.43. The zero-order valence-corrected chi connectivity index (χ0v) is 22.4. The Hall–Kier alpha value is -3.92. The first-order valence-electron chi connectivity index (χ1n) is 12.6. The van der Waals surface area contributed by atoms with Crippen molar-refractivity contribution in [1.82, 2.24) is 15.0 Å². The van der Waals surface area contributed by atoms with E-state index in [9.17, 15) is 34.8 Å². The highest BCUT2D eigenvalue weighted by atomic mass is 32.2. The van der Waals surface area contributed by atoms with E-state index in [1.165, 1.54) is 29.4 Å². The molecule has 3 aromatic rings. The summed E-state index contributed by atoms with van der Waals surface area (Å²) in [6.07, 6.45) is 0.636. The number of nitrogens with one attached hydrogen (secondary N) is 1. The van der Waals surface area contributed by atoms with E-state index >= 15 is 0 Å². The number of alkyl halides is 6. The predicted octanol–water partition coefficient (Wildman–Crippen LogP) is 5.52. The standard InChI is InChI=1S/C26H23F6N5O4S/c27-25(28,29)20-2-1-11-33-23(20)37-12-7-19-21(8-13-37)35-24(41-17-9-14-40-15-10-17)36-22(19)34-16-3-5-18(6-4-16)42(38,39)26(30,31)32/h1-7,11-12,17H,8-10,13-15H2,(H,34,35,36). The molecule has 0 saturated carbocycles. The molecule has 2 aromatic heterocycles. The monoisotopic (exact) mass is 615 g/mol. The minimum Gasteiger partial charge on any atom is -0.460 e. The van der Waals surface area contributed by atoms with E-state index in [1.54, 1.807) is 0 Å². The molecule has 1 fully saturated rings. The van der Waals surface area contributed by atoms with Crippen LogP contribution in [0.1, 0.15) is 29.7 Å². The zero-order valence-electron chi connectivity index (χ0n) is 21.6. The van der Waals surface area contributed by atoms with Crippen molar-refractivity contribution in [3.63, 3.8) is 0 Å². The van der Waals surface area contributed by atoms with Gasteiger partial charge in [-0.1, -0.05) is 0 Å². The number of benzene rings is 1. The molecule has 9 nitrogen and oxygen atoms in total. The van der Waals surface area contributed by atoms with Crippen LogP contribution >= 0.6 is 0 Å². The topological polar surface area (TPSA) is 107 Å². The second-order valence-electron chi connectivity index (χ2n) is 9.37. The zero-order chi connectivity index (χ0) is 30.1. The van der Waals surface area contributed by atoms with Gasteiger partial charge in [0.15, 0.2) is 0 Å². The van der Waals surface area contributed by atoms with Gasteiger partial charge in [0.2, 0.25) is 0 Å². The van der Waals surface area contributed by atoms with E-state index in [0.717, 1.165) is 30.3 Å². The number of aromatic nitrogens is 3. The lowest BCUT2D eigenvalue weighted by Crippen LogP contribution is -2.27. The van der Waals surface area contributed by atoms with E-state index in [1.807, 2.05) is 0 Å². The number of hydrogen-bond donors (Lipinski definition) is 1. The molecular formula is C26H23F6N5O4S. The van der Waals surface area contributed by atoms with Crippen LogP contribution in [0.2, 0.25) is 0 Å². The summed E-state index contributed by atoms with van der Waals surface area (Å²) in [5.41, 5.74) is -5.34. The molecule has 42 heavy (non-hydrogen) atoms. The summed E-state index contributed by atoms with van der Waals surface area (Å²) < 4.78 is 115. The average molecular weight is 616 g/mol. The molecule has 0 radical (unpaired) electrons. The molecule has 0 atom stereocenters. The number of rotatable bonds is 6. The summed E-state index contributed by atoms with van der Waals surface area (Å²) in [6, 6.07) is 6.02. The van der Waals surface area contributed by atoms with E-state index in [-0.39, 0.29) is 42.4 Å². The summed E-state index contributed by atoms with van der Waals surface area (Å²) in [6.45, 7) is 1.05. The average Bonchev–Trinajstić information content (AvgIpc) is 3.16. The summed E-state index contributed by atoms with van der Waals surface area (Å²) >= 11 is 0. The van der Waals surface area contributed by atoms with Gasteiger partial charge in [-0.3, -0.25) is 0 Å². The van der Waals surface area contributed by atoms with E-state index in [0.29, 0.717) is 37.3 Å². The van der Waals surface area contributed by atoms with Crippen LogP contribution in [-0.2, 0) is 27.2 Å². The lowest BCUT2D eigenvalue weighted by molar-refractivity contribution is -0.137. The second-order valence-corrected chi connectivity index (χ2v) is 11.3. The number of nitrogens with zero attached hydrogens (tertiary/aromatic N) is 4. The van der Waals surface area contributed by atoms with E-state index in [2.05, 4.69) is 20.3 Å². The molecule has 2 aliphatic heterocycles.